The van der Waals surface area contributed by atoms with Crippen molar-refractivity contribution >= 4 is 17.8 Å². The number of nitrogens with one attached hydrogen (secondary N) is 2. The third-order valence-electron chi connectivity index (χ3n) is 2.36. The highest BCUT2D eigenvalue weighted by Crippen LogP contribution is 2.07. The van der Waals surface area contributed by atoms with Crippen molar-refractivity contribution in [3.05, 3.63) is 23.7 Å². The molecule has 0 saturated carbocycles. The summed E-state index contributed by atoms with van der Waals surface area (Å²) < 4.78 is 4.82. The number of carboxylic acid groups (broad SMARTS) is 1. The van der Waals surface area contributed by atoms with Crippen LogP contribution < -0.4 is 10.6 Å². The van der Waals surface area contributed by atoms with E-state index in [1.165, 1.54) is 6.92 Å². The number of hydrogen-bond acceptors (Lipinski definition) is 4. The molecule has 19 heavy (non-hydrogen) atoms. The van der Waals surface area contributed by atoms with E-state index in [4.69, 9.17) is 9.52 Å². The SMILES string of the molecule is CCCNC(=O)C(C)NC(=O)c1cc(C(=O)O)co1. The van der Waals surface area contributed by atoms with Crippen LogP contribution in [0.3, 0.4) is 0 Å². The highest BCUT2D eigenvalue weighted by atomic mass is 16.4. The Morgan fingerprint density at radius 2 is 2.11 bits per heavy atom. The Morgan fingerprint density at radius 1 is 1.42 bits per heavy atom. The minimum Gasteiger partial charge on any atom is -0.478 e. The van der Waals surface area contributed by atoms with Gasteiger partial charge in [-0.3, -0.25) is 9.59 Å². The summed E-state index contributed by atoms with van der Waals surface area (Å²) in [6, 6.07) is 0.381. The number of carbonyl (C=O) groups excluding carboxylic acids is 2. The van der Waals surface area contributed by atoms with Crippen LogP contribution in [-0.2, 0) is 4.79 Å². The predicted octanol–water partition coefficient (Wildman–Crippen LogP) is 0.622. The van der Waals surface area contributed by atoms with Gasteiger partial charge in [0.1, 0.15) is 12.3 Å². The number of furan rings is 1. The largest absolute Gasteiger partial charge is 0.478 e. The van der Waals surface area contributed by atoms with Crippen LogP contribution in [0.4, 0.5) is 0 Å². The maximum absolute atomic E-state index is 11.7. The van der Waals surface area contributed by atoms with Gasteiger partial charge in [-0.15, -0.1) is 0 Å². The molecule has 2 amide bonds. The smallest absolute Gasteiger partial charge is 0.338 e. The number of carboxylic acids is 1. The third-order valence-corrected chi connectivity index (χ3v) is 2.36. The summed E-state index contributed by atoms with van der Waals surface area (Å²) in [5.74, 6) is -2.27. The maximum Gasteiger partial charge on any atom is 0.338 e. The van der Waals surface area contributed by atoms with Crippen LogP contribution in [0, 0.1) is 0 Å². The monoisotopic (exact) mass is 268 g/mol. The summed E-state index contributed by atoms with van der Waals surface area (Å²) in [5, 5.41) is 13.7. The minimum absolute atomic E-state index is 0.117. The molecule has 1 atom stereocenters. The van der Waals surface area contributed by atoms with Crippen molar-refractivity contribution in [2.45, 2.75) is 26.3 Å². The maximum atomic E-state index is 11.7. The average molecular weight is 268 g/mol. The number of carbonyl (C=O) groups is 3. The highest BCUT2D eigenvalue weighted by molar-refractivity contribution is 5.97. The standard InChI is InChI=1S/C12H16N2O5/c1-3-4-13-10(15)7(2)14-11(16)9-5-8(6-19-9)12(17)18/h5-7H,3-4H2,1-2H3,(H,13,15)(H,14,16)(H,17,18). The second-order valence-electron chi connectivity index (χ2n) is 3.99. The molecule has 1 unspecified atom stereocenters. The topological polar surface area (TPSA) is 109 Å². The number of aromatic carboxylic acids is 1. The minimum atomic E-state index is -1.18. The second-order valence-corrected chi connectivity index (χ2v) is 3.99. The van der Waals surface area contributed by atoms with Crippen LogP contribution in [0.15, 0.2) is 16.7 Å². The molecule has 0 aliphatic carbocycles. The number of amides is 2. The van der Waals surface area contributed by atoms with Gasteiger partial charge in [-0.05, 0) is 13.3 Å². The molecule has 0 bridgehead atoms. The van der Waals surface area contributed by atoms with E-state index in [2.05, 4.69) is 10.6 Å². The normalized spacial score (nSPS) is 11.7. The lowest BCUT2D eigenvalue weighted by molar-refractivity contribution is -0.122. The van der Waals surface area contributed by atoms with E-state index >= 15 is 0 Å². The first-order valence-corrected chi connectivity index (χ1v) is 5.86. The first kappa shape index (κ1) is 14.7. The lowest BCUT2D eigenvalue weighted by atomic mass is 10.2. The van der Waals surface area contributed by atoms with Crippen LogP contribution in [0.2, 0.25) is 0 Å². The molecule has 1 aromatic rings. The molecule has 3 N–H and O–H groups in total. The molecular formula is C12H16N2O5. The predicted molar refractivity (Wildman–Crippen MR) is 65.9 cm³/mol. The van der Waals surface area contributed by atoms with Crippen molar-refractivity contribution in [3.63, 3.8) is 0 Å². The van der Waals surface area contributed by atoms with E-state index < -0.39 is 17.9 Å². The molecule has 0 saturated heterocycles. The van der Waals surface area contributed by atoms with Gasteiger partial charge in [0.05, 0.1) is 5.56 Å². The zero-order valence-electron chi connectivity index (χ0n) is 10.7. The Kier molecular flexibility index (Phi) is 5.11. The summed E-state index contributed by atoms with van der Waals surface area (Å²) in [4.78, 5) is 33.9. The highest BCUT2D eigenvalue weighted by Gasteiger charge is 2.19. The molecule has 0 fully saturated rings. The second kappa shape index (κ2) is 6.58. The first-order chi connectivity index (χ1) is 8.95. The molecule has 104 valence electrons. The van der Waals surface area contributed by atoms with Gasteiger partial charge in [0.25, 0.3) is 5.91 Å². The van der Waals surface area contributed by atoms with E-state index in [1.807, 2.05) is 6.92 Å². The van der Waals surface area contributed by atoms with Crippen molar-refractivity contribution in [2.24, 2.45) is 0 Å². The van der Waals surface area contributed by atoms with E-state index in [9.17, 15) is 14.4 Å². The molecule has 0 aliphatic rings. The van der Waals surface area contributed by atoms with Crippen molar-refractivity contribution < 1.29 is 23.9 Å². The Labute approximate surface area is 110 Å². The number of rotatable bonds is 6. The fraction of sp³-hybridized carbons (Fsp3) is 0.417. The lowest BCUT2D eigenvalue weighted by Gasteiger charge is -2.12. The Bertz CT molecular complexity index is 480. The molecule has 0 radical (unpaired) electrons. The van der Waals surface area contributed by atoms with Crippen molar-refractivity contribution in [3.8, 4) is 0 Å². The van der Waals surface area contributed by atoms with Crippen LogP contribution in [0.5, 0.6) is 0 Å². The van der Waals surface area contributed by atoms with E-state index in [1.54, 1.807) is 0 Å². The third kappa shape index (κ3) is 4.13. The molecule has 1 aromatic heterocycles. The van der Waals surface area contributed by atoms with Crippen LogP contribution in [-0.4, -0.2) is 35.5 Å². The summed E-state index contributed by atoms with van der Waals surface area (Å²) in [6.45, 7) is 3.98. The fourth-order valence-electron chi connectivity index (χ4n) is 1.30. The van der Waals surface area contributed by atoms with E-state index in [0.717, 1.165) is 18.8 Å². The number of hydrogen-bond donors (Lipinski definition) is 3. The molecule has 0 spiro atoms. The van der Waals surface area contributed by atoms with Crippen molar-refractivity contribution in [1.82, 2.24) is 10.6 Å². The molecule has 7 nitrogen and oxygen atoms in total. The Morgan fingerprint density at radius 3 is 2.63 bits per heavy atom. The van der Waals surface area contributed by atoms with E-state index in [-0.39, 0.29) is 17.2 Å². The zero-order chi connectivity index (χ0) is 14.4. The van der Waals surface area contributed by atoms with Gasteiger partial charge in [-0.2, -0.15) is 0 Å². The van der Waals surface area contributed by atoms with Gasteiger partial charge in [-0.25, -0.2) is 4.79 Å². The van der Waals surface area contributed by atoms with Crippen molar-refractivity contribution in [1.29, 1.82) is 0 Å². The Hall–Kier alpha value is -2.31. The summed E-state index contributed by atoms with van der Waals surface area (Å²) in [7, 11) is 0. The Balaban J connectivity index is 2.58. The molecule has 1 heterocycles. The molecule has 1 rings (SSSR count). The van der Waals surface area contributed by atoms with E-state index in [0.29, 0.717) is 6.54 Å². The van der Waals surface area contributed by atoms with Gasteiger partial charge in [0.15, 0.2) is 5.76 Å². The first-order valence-electron chi connectivity index (χ1n) is 5.86. The quantitative estimate of drug-likeness (QED) is 0.701. The van der Waals surface area contributed by atoms with Gasteiger partial charge < -0.3 is 20.2 Å². The lowest BCUT2D eigenvalue weighted by Crippen LogP contribution is -2.44. The van der Waals surface area contributed by atoms with Gasteiger partial charge >= 0.3 is 5.97 Å². The molecule has 0 aliphatic heterocycles. The average Bonchev–Trinajstić information content (AvgIpc) is 2.85. The van der Waals surface area contributed by atoms with Gasteiger partial charge in [0, 0.05) is 12.6 Å². The van der Waals surface area contributed by atoms with Crippen LogP contribution >= 0.6 is 0 Å². The molecule has 7 heteroatoms. The summed E-state index contributed by atoms with van der Waals surface area (Å²) in [6.07, 6.45) is 1.77. The summed E-state index contributed by atoms with van der Waals surface area (Å²) in [5.41, 5.74) is -0.117. The van der Waals surface area contributed by atoms with Crippen LogP contribution in [0.25, 0.3) is 0 Å². The van der Waals surface area contributed by atoms with Gasteiger partial charge in [0.2, 0.25) is 5.91 Å². The zero-order valence-corrected chi connectivity index (χ0v) is 10.7. The summed E-state index contributed by atoms with van der Waals surface area (Å²) >= 11 is 0. The van der Waals surface area contributed by atoms with Gasteiger partial charge in [-0.1, -0.05) is 6.92 Å². The molecular weight excluding hydrogens is 252 g/mol. The van der Waals surface area contributed by atoms with Crippen LogP contribution in [0.1, 0.15) is 41.2 Å². The van der Waals surface area contributed by atoms with Crippen molar-refractivity contribution in [2.75, 3.05) is 6.54 Å². The fourth-order valence-corrected chi connectivity index (χ4v) is 1.30. The molecule has 0 aromatic carbocycles.